The number of anilines is 1. The zero-order valence-corrected chi connectivity index (χ0v) is 10.6. The van der Waals surface area contributed by atoms with Gasteiger partial charge in [-0.2, -0.15) is 4.98 Å². The fourth-order valence-electron chi connectivity index (χ4n) is 1.99. The zero-order chi connectivity index (χ0) is 13.0. The number of rotatable bonds is 6. The lowest BCUT2D eigenvalue weighted by atomic mass is 10.1. The van der Waals surface area contributed by atoms with Crippen molar-refractivity contribution in [3.8, 4) is 0 Å². The minimum atomic E-state index is -0.262. The normalized spacial score (nSPS) is 11.2. The maximum Gasteiger partial charge on any atom is 0.278 e. The summed E-state index contributed by atoms with van der Waals surface area (Å²) in [5.74, 6) is 0.915. The summed E-state index contributed by atoms with van der Waals surface area (Å²) in [5.41, 5.74) is 6.02. The molecular formula is C12H19N5O. The summed E-state index contributed by atoms with van der Waals surface area (Å²) in [6, 6.07) is 0. The van der Waals surface area contributed by atoms with Crippen molar-refractivity contribution in [2.75, 3.05) is 5.73 Å². The second-order valence-corrected chi connectivity index (χ2v) is 4.50. The Hall–Kier alpha value is -1.85. The number of unbranched alkanes of at least 4 members (excludes halogenated alkanes) is 4. The molecule has 6 nitrogen and oxygen atoms in total. The van der Waals surface area contributed by atoms with Crippen LogP contribution in [0.15, 0.2) is 4.79 Å². The van der Waals surface area contributed by atoms with Crippen molar-refractivity contribution in [1.82, 2.24) is 19.9 Å². The summed E-state index contributed by atoms with van der Waals surface area (Å²) < 4.78 is 0. The summed E-state index contributed by atoms with van der Waals surface area (Å²) in [7, 11) is 0. The highest BCUT2D eigenvalue weighted by Gasteiger charge is 2.08. The lowest BCUT2D eigenvalue weighted by Gasteiger charge is -1.97. The van der Waals surface area contributed by atoms with Crippen molar-refractivity contribution in [2.45, 2.75) is 45.4 Å². The van der Waals surface area contributed by atoms with E-state index in [-0.39, 0.29) is 11.5 Å². The number of hydrogen-bond donors (Lipinski definition) is 3. The van der Waals surface area contributed by atoms with Gasteiger partial charge in [-0.1, -0.05) is 32.6 Å². The minimum absolute atomic E-state index is 0.105. The Morgan fingerprint density at radius 3 is 2.67 bits per heavy atom. The average molecular weight is 249 g/mol. The summed E-state index contributed by atoms with van der Waals surface area (Å²) in [6.07, 6.45) is 6.88. The first-order valence-electron chi connectivity index (χ1n) is 6.45. The second kappa shape index (κ2) is 5.66. The van der Waals surface area contributed by atoms with Crippen molar-refractivity contribution in [3.05, 3.63) is 16.2 Å². The highest BCUT2D eigenvalue weighted by Crippen LogP contribution is 2.09. The Morgan fingerprint density at radius 2 is 1.89 bits per heavy atom. The number of aromatic amines is 2. The van der Waals surface area contributed by atoms with Gasteiger partial charge in [0, 0.05) is 6.42 Å². The lowest BCUT2D eigenvalue weighted by Crippen LogP contribution is -2.10. The first-order valence-corrected chi connectivity index (χ1v) is 6.45. The number of fused-ring (bicyclic) bond motifs is 1. The van der Waals surface area contributed by atoms with E-state index in [4.69, 9.17) is 5.73 Å². The molecule has 2 aromatic rings. The Kier molecular flexibility index (Phi) is 3.96. The molecule has 0 fully saturated rings. The third-order valence-corrected chi connectivity index (χ3v) is 2.95. The largest absolute Gasteiger partial charge is 0.369 e. The van der Waals surface area contributed by atoms with Crippen LogP contribution in [0.2, 0.25) is 0 Å². The highest BCUT2D eigenvalue weighted by molar-refractivity contribution is 5.70. The quantitative estimate of drug-likeness (QED) is 0.679. The molecule has 18 heavy (non-hydrogen) atoms. The van der Waals surface area contributed by atoms with Crippen molar-refractivity contribution in [3.63, 3.8) is 0 Å². The molecule has 2 rings (SSSR count). The van der Waals surface area contributed by atoms with E-state index in [0.717, 1.165) is 18.7 Å². The molecule has 0 aromatic carbocycles. The van der Waals surface area contributed by atoms with Gasteiger partial charge in [-0.15, -0.1) is 0 Å². The number of nitrogens with two attached hydrogens (primary N) is 1. The third-order valence-electron chi connectivity index (χ3n) is 2.95. The van der Waals surface area contributed by atoms with E-state index in [1.807, 2.05) is 0 Å². The molecule has 0 unspecified atom stereocenters. The number of nitrogens with zero attached hydrogens (tertiary/aromatic N) is 2. The van der Waals surface area contributed by atoms with Crippen LogP contribution < -0.4 is 11.3 Å². The van der Waals surface area contributed by atoms with Crippen LogP contribution in [0.1, 0.15) is 44.9 Å². The fraction of sp³-hybridized carbons (Fsp3) is 0.583. The number of hydrogen-bond acceptors (Lipinski definition) is 4. The van der Waals surface area contributed by atoms with Crippen molar-refractivity contribution in [1.29, 1.82) is 0 Å². The van der Waals surface area contributed by atoms with E-state index in [1.54, 1.807) is 0 Å². The highest BCUT2D eigenvalue weighted by atomic mass is 16.1. The summed E-state index contributed by atoms with van der Waals surface area (Å²) in [5, 5.41) is 0. The number of aromatic nitrogens is 4. The van der Waals surface area contributed by atoms with Crippen LogP contribution in [0.5, 0.6) is 0 Å². The number of nitrogen functional groups attached to an aromatic ring is 1. The molecule has 6 heteroatoms. The minimum Gasteiger partial charge on any atom is -0.369 e. The zero-order valence-electron chi connectivity index (χ0n) is 10.6. The molecule has 0 radical (unpaired) electrons. The Labute approximate surface area is 105 Å². The van der Waals surface area contributed by atoms with E-state index in [1.165, 1.54) is 25.7 Å². The van der Waals surface area contributed by atoms with Gasteiger partial charge in [0.05, 0.1) is 0 Å². The topological polar surface area (TPSA) is 100 Å². The SMILES string of the molecule is CCCCCCCc1nc2nc(N)[nH]c(=O)c2[nH]1. The summed E-state index contributed by atoms with van der Waals surface area (Å²) in [6.45, 7) is 2.20. The van der Waals surface area contributed by atoms with Crippen LogP contribution in [0, 0.1) is 0 Å². The van der Waals surface area contributed by atoms with Crippen LogP contribution in [0.25, 0.3) is 11.2 Å². The molecule has 4 N–H and O–H groups in total. The van der Waals surface area contributed by atoms with Crippen molar-refractivity contribution in [2.24, 2.45) is 0 Å². The van der Waals surface area contributed by atoms with Gasteiger partial charge in [0.15, 0.2) is 11.2 Å². The van der Waals surface area contributed by atoms with Crippen LogP contribution in [0.4, 0.5) is 5.95 Å². The predicted octanol–water partition coefficient (Wildman–Crippen LogP) is 1.74. The smallest absolute Gasteiger partial charge is 0.278 e. The molecule has 2 heterocycles. The molecule has 0 saturated heterocycles. The van der Waals surface area contributed by atoms with E-state index < -0.39 is 0 Å². The predicted molar refractivity (Wildman–Crippen MR) is 71.4 cm³/mol. The monoisotopic (exact) mass is 249 g/mol. The first kappa shape index (κ1) is 12.6. The molecule has 0 aliphatic rings. The van der Waals surface area contributed by atoms with Crippen molar-refractivity contribution < 1.29 is 0 Å². The van der Waals surface area contributed by atoms with E-state index in [9.17, 15) is 4.79 Å². The van der Waals surface area contributed by atoms with Crippen LogP contribution in [0.3, 0.4) is 0 Å². The Bertz CT molecular complexity index is 571. The molecule has 0 amide bonds. The Morgan fingerprint density at radius 1 is 1.11 bits per heavy atom. The molecule has 0 aliphatic heterocycles. The maximum absolute atomic E-state index is 11.6. The average Bonchev–Trinajstić information content (AvgIpc) is 2.72. The van der Waals surface area contributed by atoms with Gasteiger partial charge in [0.25, 0.3) is 5.56 Å². The standard InChI is InChI=1S/C12H19N5O/c1-2-3-4-5-6-7-8-14-9-10(15-8)16-12(13)17-11(9)18/h2-7H2,1H3,(H4,13,14,15,16,17,18). The molecule has 98 valence electrons. The van der Waals surface area contributed by atoms with E-state index in [2.05, 4.69) is 26.9 Å². The molecule has 2 aromatic heterocycles. The number of aryl methyl sites for hydroxylation is 1. The van der Waals surface area contributed by atoms with Gasteiger partial charge >= 0.3 is 0 Å². The molecule has 0 bridgehead atoms. The van der Waals surface area contributed by atoms with Crippen molar-refractivity contribution >= 4 is 17.1 Å². The number of H-pyrrole nitrogens is 2. The molecular weight excluding hydrogens is 230 g/mol. The fourth-order valence-corrected chi connectivity index (χ4v) is 1.99. The third kappa shape index (κ3) is 2.88. The summed E-state index contributed by atoms with van der Waals surface area (Å²) >= 11 is 0. The van der Waals surface area contributed by atoms with Crippen LogP contribution in [-0.2, 0) is 6.42 Å². The van der Waals surface area contributed by atoms with Crippen LogP contribution >= 0.6 is 0 Å². The van der Waals surface area contributed by atoms with Gasteiger partial charge in [-0.25, -0.2) is 4.98 Å². The molecule has 0 saturated carbocycles. The van der Waals surface area contributed by atoms with E-state index in [0.29, 0.717) is 11.2 Å². The van der Waals surface area contributed by atoms with E-state index >= 15 is 0 Å². The number of nitrogens with one attached hydrogen (secondary N) is 2. The Balaban J connectivity index is 2.02. The van der Waals surface area contributed by atoms with Gasteiger partial charge in [-0.05, 0) is 6.42 Å². The van der Waals surface area contributed by atoms with Gasteiger partial charge in [0.2, 0.25) is 5.95 Å². The lowest BCUT2D eigenvalue weighted by molar-refractivity contribution is 0.625. The van der Waals surface area contributed by atoms with Gasteiger partial charge in [0.1, 0.15) is 5.82 Å². The molecule has 0 spiro atoms. The maximum atomic E-state index is 11.6. The molecule has 0 atom stereocenters. The van der Waals surface area contributed by atoms with Gasteiger partial charge in [-0.3, -0.25) is 9.78 Å². The van der Waals surface area contributed by atoms with Gasteiger partial charge < -0.3 is 10.7 Å². The summed E-state index contributed by atoms with van der Waals surface area (Å²) in [4.78, 5) is 25.3. The molecule has 0 aliphatic carbocycles. The first-order chi connectivity index (χ1) is 8.70. The second-order valence-electron chi connectivity index (χ2n) is 4.50. The van der Waals surface area contributed by atoms with Crippen LogP contribution in [-0.4, -0.2) is 19.9 Å². The number of imidazole rings is 1.